The predicted molar refractivity (Wildman–Crippen MR) is 46.0 cm³/mol. The van der Waals surface area contributed by atoms with Crippen molar-refractivity contribution in [1.29, 1.82) is 0 Å². The quantitative estimate of drug-likeness (QED) is 0.624. The Morgan fingerprint density at radius 1 is 1.45 bits per heavy atom. The molecule has 1 unspecified atom stereocenters. The van der Waals surface area contributed by atoms with Crippen LogP contribution in [0.25, 0.3) is 0 Å². The number of halogens is 1. The van der Waals surface area contributed by atoms with Gasteiger partial charge in [-0.1, -0.05) is 24.3 Å². The molecule has 62 valence electrons. The van der Waals surface area contributed by atoms with E-state index in [0.717, 1.165) is 6.42 Å². The number of hydrogen-bond acceptors (Lipinski definition) is 2. The fourth-order valence-electron chi connectivity index (χ4n) is 1.01. The molecule has 1 aliphatic carbocycles. The molecule has 1 atom stereocenters. The van der Waals surface area contributed by atoms with Crippen LogP contribution in [0.15, 0.2) is 24.3 Å². The Morgan fingerprint density at radius 2 is 2.18 bits per heavy atom. The maximum atomic E-state index is 10.6. The van der Waals surface area contributed by atoms with E-state index in [1.54, 1.807) is 0 Å². The number of hydrogen-bond donors (Lipinski definition) is 0. The maximum absolute atomic E-state index is 10.6. The fraction of sp³-hybridized carbons (Fsp3) is 0.429. The highest BCUT2D eigenvalue weighted by Gasteiger charge is 2.13. The van der Waals surface area contributed by atoms with Gasteiger partial charge in [0.05, 0.1) is 5.75 Å². The molecule has 0 aromatic carbocycles. The average molecular weight is 193 g/mol. The highest BCUT2D eigenvalue weighted by atomic mass is 35.7. The molecule has 1 aliphatic rings. The summed E-state index contributed by atoms with van der Waals surface area (Å²) in [4.78, 5) is 0. The van der Waals surface area contributed by atoms with Crippen molar-refractivity contribution in [2.45, 2.75) is 6.42 Å². The third-order valence-corrected chi connectivity index (χ3v) is 2.69. The van der Waals surface area contributed by atoms with Gasteiger partial charge in [-0.3, -0.25) is 0 Å². The van der Waals surface area contributed by atoms with E-state index >= 15 is 0 Å². The van der Waals surface area contributed by atoms with Crippen LogP contribution in [-0.4, -0.2) is 14.2 Å². The molecule has 0 fully saturated rings. The lowest BCUT2D eigenvalue weighted by molar-refractivity contribution is 0.597. The molecule has 0 heterocycles. The summed E-state index contributed by atoms with van der Waals surface area (Å²) in [5.74, 6) is 0.0950. The van der Waals surface area contributed by atoms with Crippen molar-refractivity contribution in [2.24, 2.45) is 5.92 Å². The molecule has 1 rings (SSSR count). The fourth-order valence-corrected chi connectivity index (χ4v) is 2.26. The van der Waals surface area contributed by atoms with E-state index < -0.39 is 9.05 Å². The zero-order valence-electron chi connectivity index (χ0n) is 5.90. The molecule has 2 nitrogen and oxygen atoms in total. The first-order valence-electron chi connectivity index (χ1n) is 3.33. The van der Waals surface area contributed by atoms with Crippen LogP contribution in [0.2, 0.25) is 0 Å². The molecular formula is C7H9ClO2S. The Morgan fingerprint density at radius 3 is 2.64 bits per heavy atom. The lowest BCUT2D eigenvalue weighted by atomic mass is 10.0. The second-order valence-corrected chi connectivity index (χ2v) is 5.34. The highest BCUT2D eigenvalue weighted by Crippen LogP contribution is 2.15. The second-order valence-electron chi connectivity index (χ2n) is 2.51. The van der Waals surface area contributed by atoms with Gasteiger partial charge in [0, 0.05) is 10.7 Å². The van der Waals surface area contributed by atoms with Crippen LogP contribution in [-0.2, 0) is 9.05 Å². The van der Waals surface area contributed by atoms with E-state index in [0.29, 0.717) is 0 Å². The molecule has 0 aromatic heterocycles. The van der Waals surface area contributed by atoms with E-state index in [4.69, 9.17) is 10.7 Å². The van der Waals surface area contributed by atoms with E-state index in [1.165, 1.54) is 0 Å². The standard InChI is InChI=1S/C7H9ClO2S/c8-11(9,10)6-7-4-2-1-3-5-7/h1-4,7H,5-6H2. The Labute approximate surface area is 71.0 Å². The molecule has 0 radical (unpaired) electrons. The molecule has 0 saturated heterocycles. The molecule has 11 heavy (non-hydrogen) atoms. The Hall–Kier alpha value is -0.280. The summed E-state index contributed by atoms with van der Waals surface area (Å²) in [6.07, 6.45) is 8.31. The summed E-state index contributed by atoms with van der Waals surface area (Å²) in [5, 5.41) is 0. The summed E-state index contributed by atoms with van der Waals surface area (Å²) >= 11 is 0. The average Bonchev–Trinajstić information content (AvgIpc) is 1.85. The lowest BCUT2D eigenvalue weighted by Crippen LogP contribution is -2.09. The van der Waals surface area contributed by atoms with Crippen LogP contribution in [0.3, 0.4) is 0 Å². The van der Waals surface area contributed by atoms with Crippen LogP contribution >= 0.6 is 10.7 Å². The third kappa shape index (κ3) is 3.58. The summed E-state index contributed by atoms with van der Waals surface area (Å²) in [6.45, 7) is 0. The van der Waals surface area contributed by atoms with Gasteiger partial charge in [0.1, 0.15) is 0 Å². The third-order valence-electron chi connectivity index (χ3n) is 1.48. The van der Waals surface area contributed by atoms with Crippen molar-refractivity contribution in [2.75, 3.05) is 5.75 Å². The smallest absolute Gasteiger partial charge is 0.212 e. The van der Waals surface area contributed by atoms with E-state index in [-0.39, 0.29) is 11.7 Å². The molecule has 0 spiro atoms. The summed E-state index contributed by atoms with van der Waals surface area (Å²) < 4.78 is 21.2. The zero-order valence-corrected chi connectivity index (χ0v) is 7.48. The van der Waals surface area contributed by atoms with Gasteiger partial charge in [-0.2, -0.15) is 0 Å². The lowest BCUT2D eigenvalue weighted by Gasteiger charge is -2.09. The van der Waals surface area contributed by atoms with Crippen molar-refractivity contribution in [3.8, 4) is 0 Å². The molecule has 0 aliphatic heterocycles. The molecule has 4 heteroatoms. The molecular weight excluding hydrogens is 184 g/mol. The van der Waals surface area contributed by atoms with Crippen molar-refractivity contribution in [3.05, 3.63) is 24.3 Å². The van der Waals surface area contributed by atoms with Gasteiger partial charge < -0.3 is 0 Å². The second kappa shape index (κ2) is 3.41. The first-order valence-corrected chi connectivity index (χ1v) is 5.81. The van der Waals surface area contributed by atoms with Crippen molar-refractivity contribution in [3.63, 3.8) is 0 Å². The Kier molecular flexibility index (Phi) is 2.73. The minimum Gasteiger partial charge on any atom is -0.212 e. The monoisotopic (exact) mass is 192 g/mol. The van der Waals surface area contributed by atoms with Gasteiger partial charge in [-0.05, 0) is 12.3 Å². The number of allylic oxidation sites excluding steroid dienone is 4. The first kappa shape index (κ1) is 8.81. The Bertz CT molecular complexity index is 277. The summed E-state index contributed by atoms with van der Waals surface area (Å²) in [7, 11) is 1.74. The topological polar surface area (TPSA) is 34.1 Å². The van der Waals surface area contributed by atoms with Gasteiger partial charge in [0.2, 0.25) is 9.05 Å². The van der Waals surface area contributed by atoms with Gasteiger partial charge in [0.15, 0.2) is 0 Å². The molecule has 0 bridgehead atoms. The summed E-state index contributed by atoms with van der Waals surface area (Å²) in [5.41, 5.74) is 0. The maximum Gasteiger partial charge on any atom is 0.233 e. The molecule has 0 amide bonds. The first-order chi connectivity index (χ1) is 5.08. The van der Waals surface area contributed by atoms with Gasteiger partial charge >= 0.3 is 0 Å². The number of rotatable bonds is 2. The predicted octanol–water partition coefficient (Wildman–Crippen LogP) is 1.69. The van der Waals surface area contributed by atoms with Crippen molar-refractivity contribution in [1.82, 2.24) is 0 Å². The molecule has 0 aromatic rings. The zero-order chi connectivity index (χ0) is 8.32. The minimum atomic E-state index is -3.34. The molecule has 0 saturated carbocycles. The Balaban J connectivity index is 2.52. The van der Waals surface area contributed by atoms with Crippen LogP contribution in [0.1, 0.15) is 6.42 Å². The van der Waals surface area contributed by atoms with Crippen LogP contribution < -0.4 is 0 Å². The minimum absolute atomic E-state index is 0.0371. The summed E-state index contributed by atoms with van der Waals surface area (Å²) in [6, 6.07) is 0. The van der Waals surface area contributed by atoms with E-state index in [1.807, 2.05) is 24.3 Å². The highest BCUT2D eigenvalue weighted by molar-refractivity contribution is 8.13. The van der Waals surface area contributed by atoms with E-state index in [2.05, 4.69) is 0 Å². The van der Waals surface area contributed by atoms with Gasteiger partial charge in [-0.25, -0.2) is 8.42 Å². The normalized spacial score (nSPS) is 23.9. The molecule has 0 N–H and O–H groups in total. The van der Waals surface area contributed by atoms with Crippen molar-refractivity contribution < 1.29 is 8.42 Å². The van der Waals surface area contributed by atoms with E-state index in [9.17, 15) is 8.42 Å². The van der Waals surface area contributed by atoms with Gasteiger partial charge in [0.25, 0.3) is 0 Å². The van der Waals surface area contributed by atoms with Gasteiger partial charge in [-0.15, -0.1) is 0 Å². The van der Waals surface area contributed by atoms with Crippen molar-refractivity contribution >= 4 is 19.7 Å². The largest absolute Gasteiger partial charge is 0.233 e. The van der Waals surface area contributed by atoms with Crippen LogP contribution in [0, 0.1) is 5.92 Å². The van der Waals surface area contributed by atoms with Crippen LogP contribution in [0.5, 0.6) is 0 Å². The SMILES string of the molecule is O=S(=O)(Cl)CC1C=CC=CC1. The van der Waals surface area contributed by atoms with Crippen LogP contribution in [0.4, 0.5) is 0 Å².